The third kappa shape index (κ3) is 3.55. The van der Waals surface area contributed by atoms with E-state index in [9.17, 15) is 4.79 Å². The summed E-state index contributed by atoms with van der Waals surface area (Å²) in [5, 5.41) is 5.51. The van der Waals surface area contributed by atoms with Gasteiger partial charge in [0, 0.05) is 19.3 Å². The molecular formula is C12H18N2O2. The van der Waals surface area contributed by atoms with Crippen LogP contribution in [0.3, 0.4) is 0 Å². The van der Waals surface area contributed by atoms with Gasteiger partial charge in [-0.25, -0.2) is 4.79 Å². The number of aryl methyl sites for hydroxylation is 1. The van der Waals surface area contributed by atoms with E-state index in [4.69, 9.17) is 4.74 Å². The number of anilines is 1. The zero-order chi connectivity index (χ0) is 12.0. The Morgan fingerprint density at radius 1 is 1.38 bits per heavy atom. The molecule has 1 aromatic rings. The highest BCUT2D eigenvalue weighted by atomic mass is 16.5. The van der Waals surface area contributed by atoms with Crippen LogP contribution in [0.1, 0.15) is 11.1 Å². The standard InChI is InChI=1S/C12H18N2O2/c1-9-5-4-6-11(10(9)2)14-12(15)13-7-8-16-3/h4-6H,7-8H2,1-3H3,(H2,13,14,15). The van der Waals surface area contributed by atoms with Crippen molar-refractivity contribution in [2.24, 2.45) is 0 Å². The molecule has 16 heavy (non-hydrogen) atoms. The maximum atomic E-state index is 11.5. The van der Waals surface area contributed by atoms with Gasteiger partial charge in [0.15, 0.2) is 0 Å². The van der Waals surface area contributed by atoms with E-state index < -0.39 is 0 Å². The molecule has 0 bridgehead atoms. The monoisotopic (exact) mass is 222 g/mol. The second-order valence-electron chi connectivity index (χ2n) is 3.62. The predicted molar refractivity (Wildman–Crippen MR) is 64.8 cm³/mol. The van der Waals surface area contributed by atoms with Crippen LogP contribution in [0.15, 0.2) is 18.2 Å². The molecule has 88 valence electrons. The number of rotatable bonds is 4. The van der Waals surface area contributed by atoms with Crippen LogP contribution in [0.5, 0.6) is 0 Å². The summed E-state index contributed by atoms with van der Waals surface area (Å²) in [5.41, 5.74) is 3.09. The molecule has 0 spiro atoms. The number of nitrogens with one attached hydrogen (secondary N) is 2. The molecular weight excluding hydrogens is 204 g/mol. The van der Waals surface area contributed by atoms with Crippen LogP contribution in [0.25, 0.3) is 0 Å². The van der Waals surface area contributed by atoms with Crippen LogP contribution < -0.4 is 10.6 Å². The molecule has 0 aliphatic carbocycles. The lowest BCUT2D eigenvalue weighted by Crippen LogP contribution is -2.31. The number of amides is 2. The highest BCUT2D eigenvalue weighted by Gasteiger charge is 2.04. The zero-order valence-corrected chi connectivity index (χ0v) is 9.96. The summed E-state index contributed by atoms with van der Waals surface area (Å²) < 4.78 is 4.84. The lowest BCUT2D eigenvalue weighted by Gasteiger charge is -2.11. The lowest BCUT2D eigenvalue weighted by molar-refractivity contribution is 0.198. The number of benzene rings is 1. The molecule has 1 aromatic carbocycles. The van der Waals surface area contributed by atoms with E-state index in [1.165, 1.54) is 0 Å². The van der Waals surface area contributed by atoms with Gasteiger partial charge in [0.2, 0.25) is 0 Å². The van der Waals surface area contributed by atoms with Crippen LogP contribution >= 0.6 is 0 Å². The van der Waals surface area contributed by atoms with E-state index in [1.807, 2.05) is 32.0 Å². The van der Waals surface area contributed by atoms with Gasteiger partial charge in [0.25, 0.3) is 0 Å². The van der Waals surface area contributed by atoms with Crippen LogP contribution in [-0.2, 0) is 4.74 Å². The Morgan fingerprint density at radius 3 is 2.81 bits per heavy atom. The van der Waals surface area contributed by atoms with Crippen molar-refractivity contribution < 1.29 is 9.53 Å². The van der Waals surface area contributed by atoms with Crippen molar-refractivity contribution >= 4 is 11.7 Å². The van der Waals surface area contributed by atoms with Gasteiger partial charge in [0.1, 0.15) is 0 Å². The summed E-state index contributed by atoms with van der Waals surface area (Å²) in [4.78, 5) is 11.5. The minimum atomic E-state index is -0.203. The maximum Gasteiger partial charge on any atom is 0.319 e. The molecule has 4 heteroatoms. The van der Waals surface area contributed by atoms with Crippen LogP contribution in [0, 0.1) is 13.8 Å². The first kappa shape index (κ1) is 12.5. The van der Waals surface area contributed by atoms with Gasteiger partial charge in [-0.15, -0.1) is 0 Å². The van der Waals surface area contributed by atoms with Crippen molar-refractivity contribution in [1.29, 1.82) is 0 Å². The van der Waals surface area contributed by atoms with Gasteiger partial charge in [-0.2, -0.15) is 0 Å². The van der Waals surface area contributed by atoms with Gasteiger partial charge in [-0.1, -0.05) is 12.1 Å². The summed E-state index contributed by atoms with van der Waals surface area (Å²) in [6.07, 6.45) is 0. The van der Waals surface area contributed by atoms with E-state index in [0.717, 1.165) is 16.8 Å². The summed E-state index contributed by atoms with van der Waals surface area (Å²) in [7, 11) is 1.60. The zero-order valence-electron chi connectivity index (χ0n) is 9.96. The van der Waals surface area contributed by atoms with Gasteiger partial charge >= 0.3 is 6.03 Å². The number of carbonyl (C=O) groups is 1. The second kappa shape index (κ2) is 6.12. The lowest BCUT2D eigenvalue weighted by atomic mass is 10.1. The number of ether oxygens (including phenoxy) is 1. The van der Waals surface area contributed by atoms with E-state index in [0.29, 0.717) is 13.2 Å². The first-order chi connectivity index (χ1) is 7.65. The Kier molecular flexibility index (Phi) is 4.79. The molecule has 0 heterocycles. The largest absolute Gasteiger partial charge is 0.383 e. The average Bonchev–Trinajstić information content (AvgIpc) is 2.25. The second-order valence-corrected chi connectivity index (χ2v) is 3.62. The summed E-state index contributed by atoms with van der Waals surface area (Å²) >= 11 is 0. The van der Waals surface area contributed by atoms with Gasteiger partial charge in [-0.3, -0.25) is 0 Å². The van der Waals surface area contributed by atoms with E-state index >= 15 is 0 Å². The number of methoxy groups -OCH3 is 1. The normalized spacial score (nSPS) is 9.94. The van der Waals surface area contributed by atoms with Crippen LogP contribution in [0.4, 0.5) is 10.5 Å². The molecule has 1 rings (SSSR count). The quantitative estimate of drug-likeness (QED) is 0.766. The van der Waals surface area contributed by atoms with Crippen LogP contribution in [-0.4, -0.2) is 26.3 Å². The minimum Gasteiger partial charge on any atom is -0.383 e. The van der Waals surface area contributed by atoms with Crippen molar-refractivity contribution in [3.63, 3.8) is 0 Å². The molecule has 0 saturated heterocycles. The van der Waals surface area contributed by atoms with Crippen molar-refractivity contribution in [2.45, 2.75) is 13.8 Å². The third-order valence-electron chi connectivity index (χ3n) is 2.44. The SMILES string of the molecule is COCCNC(=O)Nc1cccc(C)c1C. The van der Waals surface area contributed by atoms with Crippen molar-refractivity contribution in [3.05, 3.63) is 29.3 Å². The van der Waals surface area contributed by atoms with Crippen molar-refractivity contribution in [3.8, 4) is 0 Å². The minimum absolute atomic E-state index is 0.203. The average molecular weight is 222 g/mol. The molecule has 2 amide bonds. The first-order valence-electron chi connectivity index (χ1n) is 5.25. The highest BCUT2D eigenvalue weighted by Crippen LogP contribution is 2.17. The van der Waals surface area contributed by atoms with Gasteiger partial charge in [0.05, 0.1) is 6.61 Å². The van der Waals surface area contributed by atoms with Gasteiger partial charge < -0.3 is 15.4 Å². The fraction of sp³-hybridized carbons (Fsp3) is 0.417. The third-order valence-corrected chi connectivity index (χ3v) is 2.44. The van der Waals surface area contributed by atoms with Crippen molar-refractivity contribution in [2.75, 3.05) is 25.6 Å². The molecule has 0 aromatic heterocycles. The Morgan fingerprint density at radius 2 is 2.12 bits per heavy atom. The topological polar surface area (TPSA) is 50.4 Å². The van der Waals surface area contributed by atoms with Gasteiger partial charge in [-0.05, 0) is 31.0 Å². The summed E-state index contributed by atoms with van der Waals surface area (Å²) in [6, 6.07) is 5.63. The Hall–Kier alpha value is -1.55. The summed E-state index contributed by atoms with van der Waals surface area (Å²) in [6.45, 7) is 5.02. The summed E-state index contributed by atoms with van der Waals surface area (Å²) in [5.74, 6) is 0. The number of hydrogen-bond acceptors (Lipinski definition) is 2. The molecule has 0 unspecified atom stereocenters. The predicted octanol–water partition coefficient (Wildman–Crippen LogP) is 2.07. The molecule has 4 nitrogen and oxygen atoms in total. The first-order valence-corrected chi connectivity index (χ1v) is 5.25. The Balaban J connectivity index is 2.53. The molecule has 0 aliphatic rings. The highest BCUT2D eigenvalue weighted by molar-refractivity contribution is 5.90. The number of urea groups is 1. The molecule has 0 atom stereocenters. The molecule has 0 radical (unpaired) electrons. The molecule has 0 saturated carbocycles. The van der Waals surface area contributed by atoms with E-state index in [1.54, 1.807) is 7.11 Å². The smallest absolute Gasteiger partial charge is 0.319 e. The number of hydrogen-bond donors (Lipinski definition) is 2. The van der Waals surface area contributed by atoms with Crippen LogP contribution in [0.2, 0.25) is 0 Å². The van der Waals surface area contributed by atoms with Crippen molar-refractivity contribution in [1.82, 2.24) is 5.32 Å². The van der Waals surface area contributed by atoms with E-state index in [-0.39, 0.29) is 6.03 Å². The maximum absolute atomic E-state index is 11.5. The molecule has 0 fully saturated rings. The fourth-order valence-electron chi connectivity index (χ4n) is 1.32. The molecule has 2 N–H and O–H groups in total. The van der Waals surface area contributed by atoms with E-state index in [2.05, 4.69) is 10.6 Å². The number of carbonyl (C=O) groups excluding carboxylic acids is 1. The fourth-order valence-corrected chi connectivity index (χ4v) is 1.32. The molecule has 0 aliphatic heterocycles. The Labute approximate surface area is 96.0 Å². The Bertz CT molecular complexity index is 364.